The van der Waals surface area contributed by atoms with Gasteiger partial charge in [0.25, 0.3) is 0 Å². The summed E-state index contributed by atoms with van der Waals surface area (Å²) in [7, 11) is 1.67. The molecule has 0 N–H and O–H groups in total. The highest BCUT2D eigenvalue weighted by Gasteiger charge is 2.13. The van der Waals surface area contributed by atoms with Crippen molar-refractivity contribution in [3.8, 4) is 11.5 Å². The first-order chi connectivity index (χ1) is 9.38. The minimum Gasteiger partial charge on any atom is -0.493 e. The first-order valence-electron chi connectivity index (χ1n) is 7.23. The zero-order chi connectivity index (χ0) is 13.3. The number of hydrogen-bond donors (Lipinski definition) is 0. The van der Waals surface area contributed by atoms with Crippen LogP contribution in [0.25, 0.3) is 0 Å². The SMILES string of the molecule is COCCOc1cccc(OCC2CCCCC2)c1. The van der Waals surface area contributed by atoms with Gasteiger partial charge in [-0.3, -0.25) is 0 Å². The van der Waals surface area contributed by atoms with Crippen LogP contribution in [-0.4, -0.2) is 26.9 Å². The molecule has 0 saturated heterocycles. The predicted octanol–water partition coefficient (Wildman–Crippen LogP) is 3.67. The van der Waals surface area contributed by atoms with Gasteiger partial charge in [0.05, 0.1) is 13.2 Å². The molecule has 0 radical (unpaired) electrons. The van der Waals surface area contributed by atoms with Gasteiger partial charge in [0.15, 0.2) is 0 Å². The van der Waals surface area contributed by atoms with Crippen LogP contribution < -0.4 is 9.47 Å². The third-order valence-electron chi connectivity index (χ3n) is 3.57. The molecule has 0 heterocycles. The summed E-state index contributed by atoms with van der Waals surface area (Å²) in [6.45, 7) is 2.01. The van der Waals surface area contributed by atoms with Crippen LogP contribution in [-0.2, 0) is 4.74 Å². The lowest BCUT2D eigenvalue weighted by Gasteiger charge is -2.21. The van der Waals surface area contributed by atoms with Gasteiger partial charge in [-0.2, -0.15) is 0 Å². The van der Waals surface area contributed by atoms with Crippen molar-refractivity contribution in [2.45, 2.75) is 32.1 Å². The van der Waals surface area contributed by atoms with Gasteiger partial charge in [-0.25, -0.2) is 0 Å². The molecule has 1 fully saturated rings. The zero-order valence-electron chi connectivity index (χ0n) is 11.8. The van der Waals surface area contributed by atoms with E-state index >= 15 is 0 Å². The Morgan fingerprint density at radius 1 is 1.00 bits per heavy atom. The van der Waals surface area contributed by atoms with Crippen LogP contribution in [0.4, 0.5) is 0 Å². The van der Waals surface area contributed by atoms with E-state index in [0.717, 1.165) is 24.0 Å². The third-order valence-corrected chi connectivity index (χ3v) is 3.57. The highest BCUT2D eigenvalue weighted by molar-refractivity contribution is 5.32. The highest BCUT2D eigenvalue weighted by Crippen LogP contribution is 2.25. The van der Waals surface area contributed by atoms with Gasteiger partial charge >= 0.3 is 0 Å². The maximum Gasteiger partial charge on any atom is 0.123 e. The number of ether oxygens (including phenoxy) is 3. The van der Waals surface area contributed by atoms with Crippen molar-refractivity contribution in [1.82, 2.24) is 0 Å². The average Bonchev–Trinajstić information content (AvgIpc) is 2.47. The molecule has 2 rings (SSSR count). The second-order valence-corrected chi connectivity index (χ2v) is 5.13. The van der Waals surface area contributed by atoms with Crippen LogP contribution in [0.1, 0.15) is 32.1 Å². The Morgan fingerprint density at radius 2 is 1.74 bits per heavy atom. The van der Waals surface area contributed by atoms with E-state index in [1.54, 1.807) is 7.11 Å². The van der Waals surface area contributed by atoms with Gasteiger partial charge in [-0.05, 0) is 30.9 Å². The van der Waals surface area contributed by atoms with Crippen molar-refractivity contribution in [3.05, 3.63) is 24.3 Å². The van der Waals surface area contributed by atoms with Crippen molar-refractivity contribution in [3.63, 3.8) is 0 Å². The number of rotatable bonds is 7. The first kappa shape index (κ1) is 14.2. The molecule has 19 heavy (non-hydrogen) atoms. The van der Waals surface area contributed by atoms with Crippen molar-refractivity contribution in [2.75, 3.05) is 26.9 Å². The van der Waals surface area contributed by atoms with E-state index in [1.807, 2.05) is 24.3 Å². The molecular weight excluding hydrogens is 240 g/mol. The third kappa shape index (κ3) is 5.11. The Hall–Kier alpha value is -1.22. The molecule has 1 aromatic carbocycles. The molecule has 0 bridgehead atoms. The van der Waals surface area contributed by atoms with E-state index in [9.17, 15) is 0 Å². The summed E-state index contributed by atoms with van der Waals surface area (Å²) in [6, 6.07) is 7.87. The molecule has 3 heteroatoms. The number of hydrogen-bond acceptors (Lipinski definition) is 3. The second kappa shape index (κ2) is 8.05. The molecule has 0 spiro atoms. The Kier molecular flexibility index (Phi) is 6.02. The molecular formula is C16H24O3. The van der Waals surface area contributed by atoms with Crippen molar-refractivity contribution >= 4 is 0 Å². The summed E-state index contributed by atoms with van der Waals surface area (Å²) < 4.78 is 16.4. The van der Waals surface area contributed by atoms with Crippen LogP contribution in [0.3, 0.4) is 0 Å². The van der Waals surface area contributed by atoms with Gasteiger partial charge in [0.2, 0.25) is 0 Å². The van der Waals surface area contributed by atoms with Gasteiger partial charge in [0, 0.05) is 13.2 Å². The number of methoxy groups -OCH3 is 1. The molecule has 1 aromatic rings. The van der Waals surface area contributed by atoms with E-state index in [0.29, 0.717) is 13.2 Å². The highest BCUT2D eigenvalue weighted by atomic mass is 16.5. The van der Waals surface area contributed by atoms with E-state index in [1.165, 1.54) is 32.1 Å². The Morgan fingerprint density at radius 3 is 2.47 bits per heavy atom. The van der Waals surface area contributed by atoms with Crippen LogP contribution in [0, 0.1) is 5.92 Å². The smallest absolute Gasteiger partial charge is 0.123 e. The lowest BCUT2D eigenvalue weighted by atomic mass is 9.90. The zero-order valence-corrected chi connectivity index (χ0v) is 11.8. The largest absolute Gasteiger partial charge is 0.493 e. The predicted molar refractivity (Wildman–Crippen MR) is 75.9 cm³/mol. The molecule has 0 aliphatic heterocycles. The Labute approximate surface area is 115 Å². The number of benzene rings is 1. The molecule has 1 aliphatic carbocycles. The maximum absolute atomic E-state index is 5.88. The Balaban J connectivity index is 1.77. The van der Waals surface area contributed by atoms with Crippen LogP contribution >= 0.6 is 0 Å². The van der Waals surface area contributed by atoms with Crippen LogP contribution in [0.5, 0.6) is 11.5 Å². The van der Waals surface area contributed by atoms with Crippen molar-refractivity contribution in [2.24, 2.45) is 5.92 Å². The minimum atomic E-state index is 0.572. The van der Waals surface area contributed by atoms with E-state index in [4.69, 9.17) is 14.2 Å². The summed E-state index contributed by atoms with van der Waals surface area (Å²) in [5, 5.41) is 0. The summed E-state index contributed by atoms with van der Waals surface area (Å²) in [5.41, 5.74) is 0. The second-order valence-electron chi connectivity index (χ2n) is 5.13. The fourth-order valence-electron chi connectivity index (χ4n) is 2.46. The molecule has 0 atom stereocenters. The van der Waals surface area contributed by atoms with Crippen LogP contribution in [0.15, 0.2) is 24.3 Å². The summed E-state index contributed by atoms with van der Waals surface area (Å²) in [6.07, 6.45) is 6.72. The molecule has 1 aliphatic rings. The first-order valence-corrected chi connectivity index (χ1v) is 7.23. The van der Waals surface area contributed by atoms with Crippen LogP contribution in [0.2, 0.25) is 0 Å². The molecule has 0 amide bonds. The van der Waals surface area contributed by atoms with Crippen molar-refractivity contribution < 1.29 is 14.2 Å². The van der Waals surface area contributed by atoms with E-state index in [2.05, 4.69) is 0 Å². The van der Waals surface area contributed by atoms with E-state index < -0.39 is 0 Å². The summed E-state index contributed by atoms with van der Waals surface area (Å²) in [5.74, 6) is 2.48. The lowest BCUT2D eigenvalue weighted by molar-refractivity contribution is 0.146. The minimum absolute atomic E-state index is 0.572. The standard InChI is InChI=1S/C16H24O3/c1-17-10-11-18-15-8-5-9-16(12-15)19-13-14-6-3-2-4-7-14/h5,8-9,12,14H,2-4,6-7,10-11,13H2,1H3. The normalized spacial score (nSPS) is 16.3. The fourth-order valence-corrected chi connectivity index (χ4v) is 2.46. The maximum atomic E-state index is 5.88. The topological polar surface area (TPSA) is 27.7 Å². The quantitative estimate of drug-likeness (QED) is 0.703. The van der Waals surface area contributed by atoms with Crippen molar-refractivity contribution in [1.29, 1.82) is 0 Å². The fraction of sp³-hybridized carbons (Fsp3) is 0.625. The lowest BCUT2D eigenvalue weighted by Crippen LogP contribution is -2.15. The molecule has 106 valence electrons. The monoisotopic (exact) mass is 264 g/mol. The molecule has 0 aromatic heterocycles. The van der Waals surface area contributed by atoms with Gasteiger partial charge in [-0.1, -0.05) is 25.3 Å². The van der Waals surface area contributed by atoms with Gasteiger partial charge in [0.1, 0.15) is 18.1 Å². The molecule has 1 saturated carbocycles. The molecule has 3 nitrogen and oxygen atoms in total. The van der Waals surface area contributed by atoms with E-state index in [-0.39, 0.29) is 0 Å². The summed E-state index contributed by atoms with van der Waals surface area (Å²) >= 11 is 0. The average molecular weight is 264 g/mol. The van der Waals surface area contributed by atoms with Gasteiger partial charge < -0.3 is 14.2 Å². The molecule has 0 unspecified atom stereocenters. The van der Waals surface area contributed by atoms with Gasteiger partial charge in [-0.15, -0.1) is 0 Å². The Bertz CT molecular complexity index is 359. The summed E-state index contributed by atoms with van der Waals surface area (Å²) in [4.78, 5) is 0.